The van der Waals surface area contributed by atoms with Gasteiger partial charge in [-0.2, -0.15) is 5.26 Å². The number of nitrogens with two attached hydrogens (primary N) is 1. The lowest BCUT2D eigenvalue weighted by molar-refractivity contribution is 0.102. The summed E-state index contributed by atoms with van der Waals surface area (Å²) in [5, 5.41) is 15.2. The summed E-state index contributed by atoms with van der Waals surface area (Å²) in [6, 6.07) is 20.7. The summed E-state index contributed by atoms with van der Waals surface area (Å²) in [6.45, 7) is 1.97. The Bertz CT molecular complexity index is 1670. The molecule has 176 valence electrons. The van der Waals surface area contributed by atoms with Gasteiger partial charge >= 0.3 is 0 Å². The van der Waals surface area contributed by atoms with Crippen LogP contribution in [0.15, 0.2) is 72.2 Å². The fourth-order valence-corrected chi connectivity index (χ4v) is 5.73. The number of hydrogen-bond acceptors (Lipinski definition) is 6. The van der Waals surface area contributed by atoms with Crippen molar-refractivity contribution < 1.29 is 4.79 Å². The van der Waals surface area contributed by atoms with Crippen molar-refractivity contribution in [2.24, 2.45) is 0 Å². The van der Waals surface area contributed by atoms with E-state index in [1.807, 2.05) is 53.9 Å². The van der Waals surface area contributed by atoms with E-state index in [0.29, 0.717) is 22.5 Å². The van der Waals surface area contributed by atoms with Crippen molar-refractivity contribution in [3.63, 3.8) is 0 Å². The van der Waals surface area contributed by atoms with E-state index in [-0.39, 0.29) is 11.3 Å². The van der Waals surface area contributed by atoms with Gasteiger partial charge in [0.1, 0.15) is 16.3 Å². The first kappa shape index (κ1) is 22.0. The molecular weight excluding hydrogens is 468 g/mol. The molecular formula is C28H22N6OS. The lowest BCUT2D eigenvalue weighted by Crippen LogP contribution is -2.14. The van der Waals surface area contributed by atoms with Gasteiger partial charge in [-0.25, -0.2) is 9.97 Å². The standard InChI is InChI=1S/C28H22N6OS/c1-17-25(34-13-10-18(15-29)14-24(34)31-17)23-16-36-27(33-23)28(11-12-28)20-8-6-19(7-9-20)26(35)32-22-5-3-2-4-21(22)30/h2-10,13-14,16H,11-12,30H2,1H3,(H,32,35). The number of nitrogen functional groups attached to an aromatic ring is 1. The Hall–Kier alpha value is -4.48. The zero-order valence-corrected chi connectivity index (χ0v) is 20.3. The zero-order chi connectivity index (χ0) is 24.9. The van der Waals surface area contributed by atoms with Crippen LogP contribution in [0.2, 0.25) is 0 Å². The third-order valence-corrected chi connectivity index (χ3v) is 7.79. The summed E-state index contributed by atoms with van der Waals surface area (Å²) in [6.07, 6.45) is 3.91. The maximum atomic E-state index is 12.7. The Balaban J connectivity index is 1.27. The Labute approximate surface area is 211 Å². The Morgan fingerprint density at radius 3 is 2.64 bits per heavy atom. The maximum Gasteiger partial charge on any atom is 0.255 e. The van der Waals surface area contributed by atoms with Gasteiger partial charge in [0.2, 0.25) is 0 Å². The van der Waals surface area contributed by atoms with Crippen LogP contribution in [0.3, 0.4) is 0 Å². The Morgan fingerprint density at radius 1 is 1.14 bits per heavy atom. The van der Waals surface area contributed by atoms with E-state index in [1.54, 1.807) is 35.6 Å². The number of amides is 1. The molecule has 3 heterocycles. The monoisotopic (exact) mass is 490 g/mol. The van der Waals surface area contributed by atoms with E-state index < -0.39 is 0 Å². The third kappa shape index (κ3) is 3.61. The summed E-state index contributed by atoms with van der Waals surface area (Å²) in [5.74, 6) is -0.191. The van der Waals surface area contributed by atoms with E-state index >= 15 is 0 Å². The molecule has 1 amide bonds. The van der Waals surface area contributed by atoms with Gasteiger partial charge in [0.25, 0.3) is 5.91 Å². The predicted molar refractivity (Wildman–Crippen MR) is 141 cm³/mol. The van der Waals surface area contributed by atoms with Gasteiger partial charge in [-0.15, -0.1) is 11.3 Å². The molecule has 6 rings (SSSR count). The fourth-order valence-electron chi connectivity index (χ4n) is 4.64. The average molecular weight is 491 g/mol. The van der Waals surface area contributed by atoms with Gasteiger partial charge in [-0.1, -0.05) is 24.3 Å². The molecule has 1 saturated carbocycles. The molecule has 3 N–H and O–H groups in total. The second-order valence-corrected chi connectivity index (χ2v) is 9.90. The number of carbonyl (C=O) groups is 1. The molecule has 0 unspecified atom stereocenters. The Morgan fingerprint density at radius 2 is 1.92 bits per heavy atom. The lowest BCUT2D eigenvalue weighted by Gasteiger charge is -2.14. The number of imidazole rings is 1. The molecule has 0 aliphatic heterocycles. The molecule has 7 nitrogen and oxygen atoms in total. The number of para-hydroxylation sites is 2. The topological polar surface area (TPSA) is 109 Å². The van der Waals surface area contributed by atoms with Crippen molar-refractivity contribution in [2.75, 3.05) is 11.1 Å². The molecule has 36 heavy (non-hydrogen) atoms. The number of pyridine rings is 1. The molecule has 1 fully saturated rings. The first-order valence-electron chi connectivity index (χ1n) is 11.6. The number of nitrogens with zero attached hydrogens (tertiary/aromatic N) is 4. The van der Waals surface area contributed by atoms with Gasteiger partial charge in [0.05, 0.1) is 34.4 Å². The number of rotatable bonds is 5. The highest BCUT2D eigenvalue weighted by atomic mass is 32.1. The van der Waals surface area contributed by atoms with E-state index in [0.717, 1.165) is 46.1 Å². The normalized spacial score (nSPS) is 13.9. The minimum Gasteiger partial charge on any atom is -0.397 e. The van der Waals surface area contributed by atoms with Crippen LogP contribution in [0.4, 0.5) is 11.4 Å². The molecule has 0 saturated heterocycles. The number of aryl methyl sites for hydroxylation is 1. The molecule has 0 radical (unpaired) electrons. The maximum absolute atomic E-state index is 12.7. The molecule has 2 aromatic carbocycles. The van der Waals surface area contributed by atoms with Crippen LogP contribution in [-0.4, -0.2) is 20.3 Å². The van der Waals surface area contributed by atoms with Crippen molar-refractivity contribution in [3.05, 3.63) is 99.6 Å². The highest BCUT2D eigenvalue weighted by molar-refractivity contribution is 7.10. The van der Waals surface area contributed by atoms with Crippen LogP contribution in [0.5, 0.6) is 0 Å². The van der Waals surface area contributed by atoms with Crippen molar-refractivity contribution >= 4 is 34.3 Å². The average Bonchev–Trinajstić information content (AvgIpc) is 3.44. The van der Waals surface area contributed by atoms with Crippen molar-refractivity contribution in [2.45, 2.75) is 25.2 Å². The van der Waals surface area contributed by atoms with Crippen molar-refractivity contribution in [1.82, 2.24) is 14.4 Å². The van der Waals surface area contributed by atoms with Crippen molar-refractivity contribution in [1.29, 1.82) is 5.26 Å². The van der Waals surface area contributed by atoms with Crippen molar-refractivity contribution in [3.8, 4) is 17.5 Å². The van der Waals surface area contributed by atoms with E-state index in [2.05, 4.69) is 21.8 Å². The molecule has 5 aromatic rings. The number of carbonyl (C=O) groups excluding carboxylic acids is 1. The molecule has 3 aromatic heterocycles. The van der Waals surface area contributed by atoms with Gasteiger partial charge < -0.3 is 11.1 Å². The number of nitriles is 1. The highest BCUT2D eigenvalue weighted by Crippen LogP contribution is 2.54. The minimum atomic E-state index is -0.191. The number of thiazole rings is 1. The number of fused-ring (bicyclic) bond motifs is 1. The second kappa shape index (κ2) is 8.33. The summed E-state index contributed by atoms with van der Waals surface area (Å²) >= 11 is 1.65. The number of aromatic nitrogens is 3. The molecule has 1 aliphatic rings. The zero-order valence-electron chi connectivity index (χ0n) is 19.5. The summed E-state index contributed by atoms with van der Waals surface area (Å²) < 4.78 is 1.99. The summed E-state index contributed by atoms with van der Waals surface area (Å²) in [5.41, 5.74) is 12.7. The quantitative estimate of drug-likeness (QED) is 0.314. The Kier molecular flexibility index (Phi) is 5.09. The van der Waals surface area contributed by atoms with Gasteiger partial charge in [-0.3, -0.25) is 9.20 Å². The van der Waals surface area contributed by atoms with Gasteiger partial charge in [0.15, 0.2) is 0 Å². The van der Waals surface area contributed by atoms with Gasteiger partial charge in [-0.05, 0) is 61.7 Å². The van der Waals surface area contributed by atoms with Crippen LogP contribution in [-0.2, 0) is 5.41 Å². The number of nitrogens with one attached hydrogen (secondary N) is 1. The number of hydrogen-bond donors (Lipinski definition) is 2. The van der Waals surface area contributed by atoms with Crippen LogP contribution < -0.4 is 11.1 Å². The summed E-state index contributed by atoms with van der Waals surface area (Å²) in [7, 11) is 0. The van der Waals surface area contributed by atoms with Crippen LogP contribution in [0, 0.1) is 18.3 Å². The van der Waals surface area contributed by atoms with E-state index in [9.17, 15) is 10.1 Å². The van der Waals surface area contributed by atoms with Crippen LogP contribution in [0.25, 0.3) is 17.0 Å². The predicted octanol–water partition coefficient (Wildman–Crippen LogP) is 5.55. The van der Waals surface area contributed by atoms with Crippen LogP contribution in [0.1, 0.15) is 45.0 Å². The molecule has 0 bridgehead atoms. The molecule has 0 atom stereocenters. The van der Waals surface area contributed by atoms with E-state index in [1.165, 1.54) is 0 Å². The van der Waals surface area contributed by atoms with Crippen LogP contribution >= 0.6 is 11.3 Å². The first-order chi connectivity index (χ1) is 17.5. The SMILES string of the molecule is Cc1nc2cc(C#N)ccn2c1-c1csc(C2(c3ccc(C(=O)Nc4ccccc4N)cc3)CC2)n1. The fraction of sp³-hybridized carbons (Fsp3) is 0.143. The molecule has 1 aliphatic carbocycles. The van der Waals surface area contributed by atoms with Gasteiger partial charge in [0, 0.05) is 22.6 Å². The number of benzene rings is 2. The largest absolute Gasteiger partial charge is 0.397 e. The summed E-state index contributed by atoms with van der Waals surface area (Å²) in [4.78, 5) is 22.4. The lowest BCUT2D eigenvalue weighted by atomic mass is 9.95. The molecule has 8 heteroatoms. The molecule has 0 spiro atoms. The number of anilines is 2. The second-order valence-electron chi connectivity index (χ2n) is 9.04. The minimum absolute atomic E-state index is 0.121. The first-order valence-corrected chi connectivity index (χ1v) is 12.5. The smallest absolute Gasteiger partial charge is 0.255 e. The highest BCUT2D eigenvalue weighted by Gasteiger charge is 2.48. The third-order valence-electron chi connectivity index (χ3n) is 6.74. The van der Waals surface area contributed by atoms with E-state index in [4.69, 9.17) is 10.7 Å².